The number of amides is 2. The summed E-state index contributed by atoms with van der Waals surface area (Å²) in [5.74, 6) is -0.390. The standard InChI is InChI=1S/C14H27N3O3/c1-2-11(3-4-13(18)19)5-8-16-14(20)17-9-6-12(15)7-10-17/h11-12H,2-10,15H2,1H3,(H,16,20)(H,18,19). The van der Waals surface area contributed by atoms with E-state index < -0.39 is 5.97 Å². The van der Waals surface area contributed by atoms with Crippen LogP contribution in [0.5, 0.6) is 0 Å². The Bertz CT molecular complexity index is 315. The van der Waals surface area contributed by atoms with E-state index in [0.29, 0.717) is 18.9 Å². The van der Waals surface area contributed by atoms with E-state index in [1.807, 2.05) is 4.90 Å². The summed E-state index contributed by atoms with van der Waals surface area (Å²) in [6, 6.07) is 0.199. The van der Waals surface area contributed by atoms with E-state index in [-0.39, 0.29) is 18.5 Å². The fraction of sp³-hybridized carbons (Fsp3) is 0.857. The quantitative estimate of drug-likeness (QED) is 0.659. The summed E-state index contributed by atoms with van der Waals surface area (Å²) in [5, 5.41) is 11.6. The lowest BCUT2D eigenvalue weighted by atomic mass is 9.97. The molecule has 2 amide bonds. The molecule has 0 bridgehead atoms. The van der Waals surface area contributed by atoms with Gasteiger partial charge in [0.05, 0.1) is 0 Å². The van der Waals surface area contributed by atoms with Crippen LogP contribution in [0, 0.1) is 5.92 Å². The number of carbonyl (C=O) groups excluding carboxylic acids is 1. The van der Waals surface area contributed by atoms with Gasteiger partial charge in [-0.1, -0.05) is 13.3 Å². The van der Waals surface area contributed by atoms with Gasteiger partial charge in [-0.05, 0) is 31.6 Å². The Morgan fingerprint density at radius 2 is 2.00 bits per heavy atom. The number of urea groups is 1. The number of piperidine rings is 1. The van der Waals surface area contributed by atoms with Crippen molar-refractivity contribution in [2.45, 2.75) is 51.5 Å². The fourth-order valence-electron chi connectivity index (χ4n) is 2.48. The molecule has 4 N–H and O–H groups in total. The maximum absolute atomic E-state index is 11.9. The third-order valence-electron chi connectivity index (χ3n) is 4.00. The van der Waals surface area contributed by atoms with Crippen LogP contribution in [0.25, 0.3) is 0 Å². The van der Waals surface area contributed by atoms with Crippen molar-refractivity contribution in [3.05, 3.63) is 0 Å². The molecule has 0 aromatic rings. The maximum atomic E-state index is 11.9. The van der Waals surface area contributed by atoms with Gasteiger partial charge in [-0.15, -0.1) is 0 Å². The van der Waals surface area contributed by atoms with Crippen molar-refractivity contribution in [3.63, 3.8) is 0 Å². The molecule has 6 heteroatoms. The average molecular weight is 285 g/mol. The van der Waals surface area contributed by atoms with Crippen LogP contribution in [0.2, 0.25) is 0 Å². The molecule has 0 aromatic heterocycles. The number of carbonyl (C=O) groups is 2. The van der Waals surface area contributed by atoms with Gasteiger partial charge in [0, 0.05) is 32.1 Å². The highest BCUT2D eigenvalue weighted by atomic mass is 16.4. The molecule has 0 saturated carbocycles. The van der Waals surface area contributed by atoms with Crippen molar-refractivity contribution in [2.75, 3.05) is 19.6 Å². The Labute approximate surface area is 120 Å². The predicted molar refractivity (Wildman–Crippen MR) is 77.4 cm³/mol. The van der Waals surface area contributed by atoms with Gasteiger partial charge in [0.25, 0.3) is 0 Å². The number of hydrogen-bond donors (Lipinski definition) is 3. The summed E-state index contributed by atoms with van der Waals surface area (Å²) in [7, 11) is 0. The number of nitrogens with zero attached hydrogens (tertiary/aromatic N) is 1. The van der Waals surface area contributed by atoms with Crippen LogP contribution >= 0.6 is 0 Å². The zero-order valence-electron chi connectivity index (χ0n) is 12.3. The summed E-state index contributed by atoms with van der Waals surface area (Å²) in [6.07, 6.45) is 4.40. The highest BCUT2D eigenvalue weighted by molar-refractivity contribution is 5.74. The van der Waals surface area contributed by atoms with Crippen LogP contribution in [0.1, 0.15) is 45.4 Å². The monoisotopic (exact) mass is 285 g/mol. The van der Waals surface area contributed by atoms with Crippen molar-refractivity contribution in [1.82, 2.24) is 10.2 Å². The number of hydrogen-bond acceptors (Lipinski definition) is 3. The van der Waals surface area contributed by atoms with Gasteiger partial charge in [-0.3, -0.25) is 4.79 Å². The summed E-state index contributed by atoms with van der Waals surface area (Å²) < 4.78 is 0. The van der Waals surface area contributed by atoms with Crippen molar-refractivity contribution in [3.8, 4) is 0 Å². The predicted octanol–water partition coefficient (Wildman–Crippen LogP) is 1.40. The largest absolute Gasteiger partial charge is 0.481 e. The summed E-state index contributed by atoms with van der Waals surface area (Å²) in [5.41, 5.74) is 5.81. The molecule has 0 aliphatic carbocycles. The van der Waals surface area contributed by atoms with Crippen LogP contribution in [-0.2, 0) is 4.79 Å². The zero-order chi connectivity index (χ0) is 15.0. The first-order chi connectivity index (χ1) is 9.52. The minimum Gasteiger partial charge on any atom is -0.481 e. The second kappa shape index (κ2) is 8.79. The van der Waals surface area contributed by atoms with E-state index in [1.165, 1.54) is 0 Å². The van der Waals surface area contributed by atoms with Crippen molar-refractivity contribution >= 4 is 12.0 Å². The second-order valence-electron chi connectivity index (χ2n) is 5.55. The van der Waals surface area contributed by atoms with Gasteiger partial charge in [0.2, 0.25) is 0 Å². The SMILES string of the molecule is CCC(CCNC(=O)N1CCC(N)CC1)CCC(=O)O. The molecule has 1 saturated heterocycles. The zero-order valence-corrected chi connectivity index (χ0v) is 12.3. The van der Waals surface area contributed by atoms with E-state index in [9.17, 15) is 9.59 Å². The van der Waals surface area contributed by atoms with Gasteiger partial charge >= 0.3 is 12.0 Å². The molecule has 116 valence electrons. The fourth-order valence-corrected chi connectivity index (χ4v) is 2.48. The third kappa shape index (κ3) is 6.23. The Morgan fingerprint density at radius 3 is 2.55 bits per heavy atom. The van der Waals surface area contributed by atoms with Crippen molar-refractivity contribution in [2.24, 2.45) is 11.7 Å². The smallest absolute Gasteiger partial charge is 0.317 e. The molecule has 6 nitrogen and oxygen atoms in total. The second-order valence-corrected chi connectivity index (χ2v) is 5.55. The lowest BCUT2D eigenvalue weighted by molar-refractivity contribution is -0.137. The number of aliphatic carboxylic acids is 1. The average Bonchev–Trinajstić information content (AvgIpc) is 2.42. The van der Waals surface area contributed by atoms with E-state index in [4.69, 9.17) is 10.8 Å². The molecule has 0 spiro atoms. The first kappa shape index (κ1) is 16.8. The molecule has 20 heavy (non-hydrogen) atoms. The summed E-state index contributed by atoms with van der Waals surface area (Å²) in [6.45, 7) is 4.12. The van der Waals surface area contributed by atoms with Crippen LogP contribution in [0.4, 0.5) is 4.79 Å². The topological polar surface area (TPSA) is 95.7 Å². The Morgan fingerprint density at radius 1 is 1.35 bits per heavy atom. The number of nitrogens with one attached hydrogen (secondary N) is 1. The Kier molecular flexibility index (Phi) is 7.36. The third-order valence-corrected chi connectivity index (χ3v) is 4.00. The molecule has 0 aromatic carbocycles. The summed E-state index contributed by atoms with van der Waals surface area (Å²) in [4.78, 5) is 24.3. The number of likely N-dealkylation sites (tertiary alicyclic amines) is 1. The van der Waals surface area contributed by atoms with Crippen LogP contribution in [-0.4, -0.2) is 47.7 Å². The molecule has 1 heterocycles. The molecule has 1 unspecified atom stereocenters. The Balaban J connectivity index is 2.18. The van der Waals surface area contributed by atoms with Gasteiger partial charge < -0.3 is 21.1 Å². The van der Waals surface area contributed by atoms with Crippen LogP contribution < -0.4 is 11.1 Å². The van der Waals surface area contributed by atoms with E-state index in [2.05, 4.69) is 12.2 Å². The lowest BCUT2D eigenvalue weighted by Crippen LogP contribution is -2.47. The highest BCUT2D eigenvalue weighted by Crippen LogP contribution is 2.15. The number of carboxylic acids is 1. The normalized spacial score (nSPS) is 17.8. The van der Waals surface area contributed by atoms with Crippen LogP contribution in [0.15, 0.2) is 0 Å². The maximum Gasteiger partial charge on any atom is 0.317 e. The molecule has 1 rings (SSSR count). The molecular formula is C14H27N3O3. The molecule has 1 aliphatic rings. The minimum atomic E-state index is -0.753. The summed E-state index contributed by atoms with van der Waals surface area (Å²) >= 11 is 0. The van der Waals surface area contributed by atoms with E-state index >= 15 is 0 Å². The molecule has 0 radical (unpaired) electrons. The van der Waals surface area contributed by atoms with Gasteiger partial charge in [-0.25, -0.2) is 4.79 Å². The first-order valence-corrected chi connectivity index (χ1v) is 7.53. The number of rotatable bonds is 7. The van der Waals surface area contributed by atoms with Gasteiger partial charge in [-0.2, -0.15) is 0 Å². The molecular weight excluding hydrogens is 258 g/mol. The Hall–Kier alpha value is -1.30. The first-order valence-electron chi connectivity index (χ1n) is 7.53. The van der Waals surface area contributed by atoms with E-state index in [0.717, 1.165) is 38.8 Å². The molecule has 1 atom stereocenters. The van der Waals surface area contributed by atoms with Crippen molar-refractivity contribution in [1.29, 1.82) is 0 Å². The van der Waals surface area contributed by atoms with Crippen molar-refractivity contribution < 1.29 is 14.7 Å². The van der Waals surface area contributed by atoms with Gasteiger partial charge in [0.1, 0.15) is 0 Å². The molecule has 1 fully saturated rings. The lowest BCUT2D eigenvalue weighted by Gasteiger charge is -2.30. The van der Waals surface area contributed by atoms with Gasteiger partial charge in [0.15, 0.2) is 0 Å². The minimum absolute atomic E-state index is 0.0232. The number of carboxylic acid groups (broad SMARTS) is 1. The molecule has 1 aliphatic heterocycles. The highest BCUT2D eigenvalue weighted by Gasteiger charge is 2.20. The number of nitrogens with two attached hydrogens (primary N) is 1. The van der Waals surface area contributed by atoms with E-state index in [1.54, 1.807) is 0 Å². The van der Waals surface area contributed by atoms with Crippen LogP contribution in [0.3, 0.4) is 0 Å².